The lowest BCUT2D eigenvalue weighted by atomic mass is 9.93. The number of amides is 1. The number of aromatic nitrogens is 3. The number of thiazole rings is 1. The number of anilines is 1. The van der Waals surface area contributed by atoms with Crippen LogP contribution in [0.2, 0.25) is 0 Å². The number of benzene rings is 1. The van der Waals surface area contributed by atoms with Crippen LogP contribution in [0.3, 0.4) is 0 Å². The Kier molecular flexibility index (Phi) is 5.04. The Bertz CT molecular complexity index is 1020. The van der Waals surface area contributed by atoms with Crippen molar-refractivity contribution >= 4 is 23.2 Å². The first kappa shape index (κ1) is 18.5. The fourth-order valence-corrected chi connectivity index (χ4v) is 4.40. The second-order valence-corrected chi connectivity index (χ2v) is 7.64. The molecule has 6 nitrogen and oxygen atoms in total. The smallest absolute Gasteiger partial charge is 0.266 e. The lowest BCUT2D eigenvalue weighted by Crippen LogP contribution is -2.39. The molecule has 0 radical (unpaired) electrons. The molecule has 0 saturated carbocycles. The minimum Gasteiger partial charge on any atom is -0.368 e. The first-order chi connectivity index (χ1) is 13.6. The van der Waals surface area contributed by atoms with Gasteiger partial charge in [0.2, 0.25) is 5.95 Å². The maximum atomic E-state index is 14.5. The summed E-state index contributed by atoms with van der Waals surface area (Å²) in [5.41, 5.74) is 9.82. The summed E-state index contributed by atoms with van der Waals surface area (Å²) in [6.07, 6.45) is 4.15. The maximum Gasteiger partial charge on any atom is 0.266 e. The van der Waals surface area contributed by atoms with Gasteiger partial charge in [-0.1, -0.05) is 18.2 Å². The number of nitrogens with two attached hydrogens (primary N) is 1. The number of likely N-dealkylation sites (tertiary alicyclic amines) is 1. The van der Waals surface area contributed by atoms with E-state index in [0.29, 0.717) is 28.2 Å². The average Bonchev–Trinajstić information content (AvgIpc) is 3.14. The summed E-state index contributed by atoms with van der Waals surface area (Å²) in [6, 6.07) is 6.21. The molecule has 0 aliphatic carbocycles. The van der Waals surface area contributed by atoms with Crippen molar-refractivity contribution in [3.63, 3.8) is 0 Å². The fraction of sp³-hybridized carbons (Fsp3) is 0.300. The monoisotopic (exact) mass is 397 g/mol. The highest BCUT2D eigenvalue weighted by atomic mass is 32.1. The summed E-state index contributed by atoms with van der Waals surface area (Å²) in [6.45, 7) is 2.44. The van der Waals surface area contributed by atoms with Crippen molar-refractivity contribution in [3.8, 4) is 11.1 Å². The third-order valence-electron chi connectivity index (χ3n) is 5.02. The van der Waals surface area contributed by atoms with Crippen LogP contribution in [0.15, 0.2) is 36.0 Å². The molecule has 3 aromatic rings. The van der Waals surface area contributed by atoms with E-state index in [2.05, 4.69) is 15.0 Å². The molecule has 1 aromatic carbocycles. The van der Waals surface area contributed by atoms with Crippen LogP contribution in [-0.2, 0) is 0 Å². The lowest BCUT2D eigenvalue weighted by molar-refractivity contribution is 0.0611. The van der Waals surface area contributed by atoms with Crippen LogP contribution in [0.4, 0.5) is 10.3 Å². The van der Waals surface area contributed by atoms with Crippen molar-refractivity contribution in [3.05, 3.63) is 58.1 Å². The number of nitrogens with zero attached hydrogens (tertiary/aromatic N) is 4. The predicted molar refractivity (Wildman–Crippen MR) is 106 cm³/mol. The van der Waals surface area contributed by atoms with Crippen LogP contribution in [0, 0.1) is 12.7 Å². The first-order valence-electron chi connectivity index (χ1n) is 9.14. The predicted octanol–water partition coefficient (Wildman–Crippen LogP) is 4.00. The van der Waals surface area contributed by atoms with Gasteiger partial charge in [-0.15, -0.1) is 11.3 Å². The van der Waals surface area contributed by atoms with Crippen molar-refractivity contribution in [1.29, 1.82) is 0 Å². The van der Waals surface area contributed by atoms with E-state index in [1.807, 2.05) is 11.8 Å². The summed E-state index contributed by atoms with van der Waals surface area (Å²) >= 11 is 1.33. The van der Waals surface area contributed by atoms with E-state index in [1.54, 1.807) is 29.9 Å². The third kappa shape index (κ3) is 3.35. The van der Waals surface area contributed by atoms with Crippen molar-refractivity contribution in [1.82, 2.24) is 19.9 Å². The van der Waals surface area contributed by atoms with Crippen molar-refractivity contribution < 1.29 is 9.18 Å². The van der Waals surface area contributed by atoms with Crippen LogP contribution in [-0.4, -0.2) is 32.3 Å². The number of carbonyl (C=O) groups is 1. The zero-order chi connectivity index (χ0) is 19.7. The molecular formula is C20H20FN5OS. The maximum absolute atomic E-state index is 14.5. The number of rotatable bonds is 3. The van der Waals surface area contributed by atoms with Gasteiger partial charge in [-0.3, -0.25) is 4.79 Å². The molecule has 8 heteroatoms. The molecule has 28 heavy (non-hydrogen) atoms. The second-order valence-electron chi connectivity index (χ2n) is 6.78. The van der Waals surface area contributed by atoms with Gasteiger partial charge in [0.25, 0.3) is 5.91 Å². The van der Waals surface area contributed by atoms with E-state index < -0.39 is 0 Å². The molecule has 0 bridgehead atoms. The summed E-state index contributed by atoms with van der Waals surface area (Å²) in [7, 11) is 0. The summed E-state index contributed by atoms with van der Waals surface area (Å²) in [5.74, 6) is -0.312. The number of nitrogen functional groups attached to an aromatic ring is 1. The van der Waals surface area contributed by atoms with Crippen LogP contribution in [0.5, 0.6) is 0 Å². The van der Waals surface area contributed by atoms with E-state index in [4.69, 9.17) is 5.73 Å². The Balaban J connectivity index is 1.80. The standard InChI is InChI=1S/C20H20FN5OS/c1-12-18(28-11-24-12)19(27)26-9-5-4-8-16(26)17-14(10-23-20(22)25-17)13-6-2-3-7-15(13)21/h2-3,6-7,10-11,16H,4-5,8-9H2,1H3,(H2,22,23,25). The molecule has 3 heterocycles. The first-order valence-corrected chi connectivity index (χ1v) is 10.0. The van der Waals surface area contributed by atoms with E-state index >= 15 is 0 Å². The van der Waals surface area contributed by atoms with Crippen LogP contribution in [0.1, 0.15) is 46.4 Å². The number of aryl methyl sites for hydroxylation is 1. The normalized spacial score (nSPS) is 16.9. The van der Waals surface area contributed by atoms with E-state index in [1.165, 1.54) is 17.4 Å². The molecule has 0 spiro atoms. The van der Waals surface area contributed by atoms with Crippen LogP contribution in [0.25, 0.3) is 11.1 Å². The highest BCUT2D eigenvalue weighted by Gasteiger charge is 2.33. The topological polar surface area (TPSA) is 85.0 Å². The summed E-state index contributed by atoms with van der Waals surface area (Å²) in [5, 5.41) is 0. The quantitative estimate of drug-likeness (QED) is 0.722. The summed E-state index contributed by atoms with van der Waals surface area (Å²) in [4.78, 5) is 28.4. The number of hydrogen-bond acceptors (Lipinski definition) is 6. The molecular weight excluding hydrogens is 377 g/mol. The van der Waals surface area contributed by atoms with Crippen LogP contribution < -0.4 is 5.73 Å². The Hall–Kier alpha value is -2.87. The molecule has 144 valence electrons. The van der Waals surface area contributed by atoms with E-state index in [-0.39, 0.29) is 23.7 Å². The van der Waals surface area contributed by atoms with Gasteiger partial charge in [-0.05, 0) is 32.3 Å². The second kappa shape index (κ2) is 7.63. The fourth-order valence-electron chi connectivity index (χ4n) is 3.65. The number of piperidine rings is 1. The molecule has 1 amide bonds. The molecule has 2 N–H and O–H groups in total. The van der Waals surface area contributed by atoms with Crippen molar-refractivity contribution in [2.24, 2.45) is 0 Å². The minimum atomic E-state index is -0.357. The van der Waals surface area contributed by atoms with Gasteiger partial charge in [0.1, 0.15) is 10.7 Å². The van der Waals surface area contributed by atoms with Gasteiger partial charge in [-0.2, -0.15) is 0 Å². The van der Waals surface area contributed by atoms with Gasteiger partial charge in [0, 0.05) is 23.9 Å². The SMILES string of the molecule is Cc1ncsc1C(=O)N1CCCCC1c1nc(N)ncc1-c1ccccc1F. The lowest BCUT2D eigenvalue weighted by Gasteiger charge is -2.36. The van der Waals surface area contributed by atoms with E-state index in [9.17, 15) is 9.18 Å². The molecule has 1 unspecified atom stereocenters. The molecule has 1 atom stereocenters. The van der Waals surface area contributed by atoms with Crippen molar-refractivity contribution in [2.45, 2.75) is 32.2 Å². The molecule has 1 aliphatic heterocycles. The molecule has 1 saturated heterocycles. The average molecular weight is 397 g/mol. The molecule has 1 aliphatic rings. The van der Waals surface area contributed by atoms with Gasteiger partial charge in [-0.25, -0.2) is 19.3 Å². The molecule has 2 aromatic heterocycles. The van der Waals surface area contributed by atoms with Gasteiger partial charge in [0.15, 0.2) is 0 Å². The zero-order valence-corrected chi connectivity index (χ0v) is 16.2. The van der Waals surface area contributed by atoms with E-state index in [0.717, 1.165) is 25.0 Å². The minimum absolute atomic E-state index is 0.0682. The Morgan fingerprint density at radius 1 is 1.25 bits per heavy atom. The molecule has 4 rings (SSSR count). The summed E-state index contributed by atoms with van der Waals surface area (Å²) < 4.78 is 14.5. The number of carbonyl (C=O) groups excluding carboxylic acids is 1. The Morgan fingerprint density at radius 2 is 2.07 bits per heavy atom. The Morgan fingerprint density at radius 3 is 2.82 bits per heavy atom. The number of halogens is 1. The Labute approximate surface area is 166 Å². The van der Waals surface area contributed by atoms with Crippen LogP contribution >= 0.6 is 11.3 Å². The van der Waals surface area contributed by atoms with Gasteiger partial charge < -0.3 is 10.6 Å². The highest BCUT2D eigenvalue weighted by Crippen LogP contribution is 2.37. The van der Waals surface area contributed by atoms with Gasteiger partial charge >= 0.3 is 0 Å². The number of hydrogen-bond donors (Lipinski definition) is 1. The largest absolute Gasteiger partial charge is 0.368 e. The van der Waals surface area contributed by atoms with Crippen molar-refractivity contribution in [2.75, 3.05) is 12.3 Å². The molecule has 1 fully saturated rings. The highest BCUT2D eigenvalue weighted by molar-refractivity contribution is 7.11. The third-order valence-corrected chi connectivity index (χ3v) is 5.94. The van der Waals surface area contributed by atoms with Gasteiger partial charge in [0.05, 0.1) is 22.9 Å². The zero-order valence-electron chi connectivity index (χ0n) is 15.4.